The van der Waals surface area contributed by atoms with Gasteiger partial charge in [-0.25, -0.2) is 4.79 Å². The van der Waals surface area contributed by atoms with Crippen molar-refractivity contribution in [1.82, 2.24) is 0 Å². The average molecular weight is 217 g/mol. The molecule has 0 aromatic heterocycles. The van der Waals surface area contributed by atoms with Crippen LogP contribution < -0.4 is 5.73 Å². The van der Waals surface area contributed by atoms with E-state index in [4.69, 9.17) is 5.73 Å². The molecule has 0 fully saturated rings. The molecule has 0 atom stereocenters. The minimum absolute atomic E-state index is 0.429. The summed E-state index contributed by atoms with van der Waals surface area (Å²) < 4.78 is 4.62. The minimum atomic E-state index is -0.706. The topological polar surface area (TPSA) is 69.4 Å². The van der Waals surface area contributed by atoms with E-state index in [0.717, 1.165) is 0 Å². The van der Waals surface area contributed by atoms with Crippen molar-refractivity contribution in [2.75, 3.05) is 7.11 Å². The maximum atomic E-state index is 11.4. The van der Waals surface area contributed by atoms with E-state index in [2.05, 4.69) is 16.6 Å². The van der Waals surface area contributed by atoms with Crippen LogP contribution in [0, 0.1) is 18.8 Å². The van der Waals surface area contributed by atoms with E-state index in [1.165, 1.54) is 7.11 Å². The molecule has 0 bridgehead atoms. The zero-order chi connectivity index (χ0) is 12.1. The number of esters is 1. The van der Waals surface area contributed by atoms with E-state index in [1.54, 1.807) is 25.1 Å². The molecule has 0 aliphatic carbocycles. The summed E-state index contributed by atoms with van der Waals surface area (Å²) in [6.07, 6.45) is 0. The molecule has 0 heterocycles. The van der Waals surface area contributed by atoms with Gasteiger partial charge in [-0.1, -0.05) is 12.0 Å². The molecule has 16 heavy (non-hydrogen) atoms. The van der Waals surface area contributed by atoms with E-state index in [0.29, 0.717) is 16.7 Å². The molecule has 0 unspecified atom stereocenters. The standard InChI is InChI=1S/C12H11NO3/c1-8-9(6-7-11(13)14)4-3-5-10(8)12(15)16-2/h3-5H,1-2H3,(H2,13,14). The molecular formula is C12H11NO3. The highest BCUT2D eigenvalue weighted by atomic mass is 16.5. The van der Waals surface area contributed by atoms with Gasteiger partial charge in [0.25, 0.3) is 5.91 Å². The van der Waals surface area contributed by atoms with Crippen LogP contribution >= 0.6 is 0 Å². The predicted octanol–water partition coefficient (Wildman–Crippen LogP) is 0.618. The number of carbonyl (C=O) groups excluding carboxylic acids is 2. The number of carbonyl (C=O) groups is 2. The summed E-state index contributed by atoms with van der Waals surface area (Å²) in [5.74, 6) is 3.69. The van der Waals surface area contributed by atoms with Crippen LogP contribution in [-0.2, 0) is 9.53 Å². The molecule has 0 spiro atoms. The molecule has 4 heteroatoms. The number of ether oxygens (including phenoxy) is 1. The molecule has 82 valence electrons. The lowest BCUT2D eigenvalue weighted by atomic mass is 10.0. The first kappa shape index (κ1) is 11.8. The van der Waals surface area contributed by atoms with Crippen molar-refractivity contribution in [2.45, 2.75) is 6.92 Å². The van der Waals surface area contributed by atoms with Gasteiger partial charge < -0.3 is 10.5 Å². The molecule has 0 saturated heterocycles. The summed E-state index contributed by atoms with van der Waals surface area (Å²) in [6, 6.07) is 5.01. The smallest absolute Gasteiger partial charge is 0.338 e. The maximum Gasteiger partial charge on any atom is 0.338 e. The number of amides is 1. The maximum absolute atomic E-state index is 11.4. The second-order valence-electron chi connectivity index (χ2n) is 3.08. The Morgan fingerprint density at radius 3 is 2.62 bits per heavy atom. The number of hydrogen-bond donors (Lipinski definition) is 1. The summed E-state index contributed by atoms with van der Waals surface area (Å²) in [5.41, 5.74) is 6.59. The van der Waals surface area contributed by atoms with Crippen molar-refractivity contribution < 1.29 is 14.3 Å². The average Bonchev–Trinajstić information content (AvgIpc) is 2.26. The van der Waals surface area contributed by atoms with Crippen LogP contribution in [0.2, 0.25) is 0 Å². The Labute approximate surface area is 93.4 Å². The zero-order valence-electron chi connectivity index (χ0n) is 9.03. The van der Waals surface area contributed by atoms with Crippen molar-refractivity contribution in [3.05, 3.63) is 34.9 Å². The summed E-state index contributed by atoms with van der Waals surface area (Å²) in [4.78, 5) is 21.9. The highest BCUT2D eigenvalue weighted by Gasteiger charge is 2.10. The Kier molecular flexibility index (Phi) is 3.67. The lowest BCUT2D eigenvalue weighted by Crippen LogP contribution is -2.07. The van der Waals surface area contributed by atoms with Crippen LogP contribution in [0.5, 0.6) is 0 Å². The van der Waals surface area contributed by atoms with Gasteiger partial charge in [0.15, 0.2) is 0 Å². The van der Waals surface area contributed by atoms with Crippen LogP contribution in [0.4, 0.5) is 0 Å². The van der Waals surface area contributed by atoms with Crippen LogP contribution in [0.15, 0.2) is 18.2 Å². The quantitative estimate of drug-likeness (QED) is 0.553. The Morgan fingerprint density at radius 2 is 2.06 bits per heavy atom. The van der Waals surface area contributed by atoms with Gasteiger partial charge in [-0.15, -0.1) is 0 Å². The summed E-state index contributed by atoms with van der Waals surface area (Å²) in [6.45, 7) is 1.73. The first-order valence-electron chi connectivity index (χ1n) is 4.55. The number of hydrogen-bond acceptors (Lipinski definition) is 3. The normalized spacial score (nSPS) is 8.88. The van der Waals surface area contributed by atoms with Gasteiger partial charge in [0.1, 0.15) is 0 Å². The number of nitrogens with two attached hydrogens (primary N) is 1. The number of benzene rings is 1. The number of rotatable bonds is 1. The van der Waals surface area contributed by atoms with Gasteiger partial charge in [-0.05, 0) is 30.5 Å². The molecule has 1 aromatic carbocycles. The first-order chi connectivity index (χ1) is 7.56. The van der Waals surface area contributed by atoms with Crippen molar-refractivity contribution in [3.63, 3.8) is 0 Å². The fraction of sp³-hybridized carbons (Fsp3) is 0.167. The summed E-state index contributed by atoms with van der Waals surface area (Å²) in [5, 5.41) is 0. The number of primary amides is 1. The second kappa shape index (κ2) is 4.99. The third kappa shape index (κ3) is 2.61. The molecule has 0 aliphatic heterocycles. The molecule has 0 aliphatic rings. The lowest BCUT2D eigenvalue weighted by Gasteiger charge is -2.04. The van der Waals surface area contributed by atoms with Crippen molar-refractivity contribution in [2.24, 2.45) is 5.73 Å². The molecule has 1 rings (SSSR count). The Morgan fingerprint density at radius 1 is 1.38 bits per heavy atom. The molecule has 4 nitrogen and oxygen atoms in total. The van der Waals surface area contributed by atoms with Crippen molar-refractivity contribution >= 4 is 11.9 Å². The number of methoxy groups -OCH3 is 1. The van der Waals surface area contributed by atoms with E-state index in [-0.39, 0.29) is 0 Å². The lowest BCUT2D eigenvalue weighted by molar-refractivity contribution is -0.112. The Balaban J connectivity index is 3.20. The molecule has 0 saturated carbocycles. The monoisotopic (exact) mass is 217 g/mol. The van der Waals surface area contributed by atoms with Gasteiger partial charge in [-0.2, -0.15) is 0 Å². The fourth-order valence-electron chi connectivity index (χ4n) is 1.23. The third-order valence-corrected chi connectivity index (χ3v) is 2.06. The third-order valence-electron chi connectivity index (χ3n) is 2.06. The zero-order valence-corrected chi connectivity index (χ0v) is 9.03. The molecule has 1 aromatic rings. The van der Waals surface area contributed by atoms with Crippen LogP contribution in [0.3, 0.4) is 0 Å². The Bertz CT molecular complexity index is 495. The van der Waals surface area contributed by atoms with Crippen molar-refractivity contribution in [3.8, 4) is 11.8 Å². The summed E-state index contributed by atoms with van der Waals surface area (Å²) in [7, 11) is 1.31. The van der Waals surface area contributed by atoms with Crippen LogP contribution in [0.1, 0.15) is 21.5 Å². The predicted molar refractivity (Wildman–Crippen MR) is 58.6 cm³/mol. The first-order valence-corrected chi connectivity index (χ1v) is 4.55. The highest BCUT2D eigenvalue weighted by Crippen LogP contribution is 2.13. The molecule has 2 N–H and O–H groups in total. The van der Waals surface area contributed by atoms with Gasteiger partial charge in [0.2, 0.25) is 0 Å². The highest BCUT2D eigenvalue weighted by molar-refractivity contribution is 5.94. The molecule has 0 radical (unpaired) electrons. The molecule has 1 amide bonds. The van der Waals surface area contributed by atoms with E-state index >= 15 is 0 Å². The SMILES string of the molecule is COC(=O)c1cccc(C#CC(N)=O)c1C. The van der Waals surface area contributed by atoms with Crippen LogP contribution in [-0.4, -0.2) is 19.0 Å². The van der Waals surface area contributed by atoms with E-state index < -0.39 is 11.9 Å². The van der Waals surface area contributed by atoms with Gasteiger partial charge in [0.05, 0.1) is 12.7 Å². The van der Waals surface area contributed by atoms with Gasteiger partial charge >= 0.3 is 5.97 Å². The Hall–Kier alpha value is -2.28. The van der Waals surface area contributed by atoms with Crippen LogP contribution in [0.25, 0.3) is 0 Å². The van der Waals surface area contributed by atoms with Gasteiger partial charge in [0, 0.05) is 5.56 Å². The summed E-state index contributed by atoms with van der Waals surface area (Å²) >= 11 is 0. The van der Waals surface area contributed by atoms with E-state index in [1.807, 2.05) is 0 Å². The van der Waals surface area contributed by atoms with Crippen molar-refractivity contribution in [1.29, 1.82) is 0 Å². The second-order valence-corrected chi connectivity index (χ2v) is 3.08. The minimum Gasteiger partial charge on any atom is -0.465 e. The fourth-order valence-corrected chi connectivity index (χ4v) is 1.23. The van der Waals surface area contributed by atoms with Gasteiger partial charge in [-0.3, -0.25) is 4.79 Å². The van der Waals surface area contributed by atoms with E-state index in [9.17, 15) is 9.59 Å². The molecular weight excluding hydrogens is 206 g/mol. The largest absolute Gasteiger partial charge is 0.465 e.